The third kappa shape index (κ3) is 16.0. The normalized spacial score (nSPS) is 12.2. The smallest absolute Gasteiger partial charge is 0.378 e. The number of hydrogen-bond donors (Lipinski definition) is 4. The molecule has 0 saturated heterocycles. The third-order valence-corrected chi connectivity index (χ3v) is 3.50. The van der Waals surface area contributed by atoms with Crippen LogP contribution in [0.15, 0.2) is 4.99 Å². The lowest BCUT2D eigenvalue weighted by atomic mass is 10.4. The van der Waals surface area contributed by atoms with Crippen molar-refractivity contribution in [3.05, 3.63) is 0 Å². The van der Waals surface area contributed by atoms with E-state index in [1.807, 2.05) is 0 Å². The number of hydrogen-bond acceptors (Lipinski definition) is 10. The fraction of sp³-hybridized carbons (Fsp3) is 0.833. The Morgan fingerprint density at radius 1 is 0.789 bits per heavy atom. The number of carbonyl (C=O) groups is 2. The van der Waals surface area contributed by atoms with Gasteiger partial charge in [-0.1, -0.05) is 6.92 Å². The number of isothiocyanates is 1. The average molecular weight is 596 g/mol. The fourth-order valence-corrected chi connectivity index (χ4v) is 1.83. The summed E-state index contributed by atoms with van der Waals surface area (Å²) in [5.41, 5.74) is 10.1. The summed E-state index contributed by atoms with van der Waals surface area (Å²) < 4.78 is 122. The molecule has 0 aliphatic heterocycles. The monoisotopic (exact) mass is 595 g/mol. The van der Waals surface area contributed by atoms with Gasteiger partial charge in [0.1, 0.15) is 0 Å². The zero-order chi connectivity index (χ0) is 29.9. The number of nitrogens with one attached hydrogen (secondary N) is 2. The van der Waals surface area contributed by atoms with E-state index in [1.54, 1.807) is 0 Å². The van der Waals surface area contributed by atoms with Gasteiger partial charge in [0.2, 0.25) is 0 Å². The van der Waals surface area contributed by atoms with Crippen LogP contribution in [-0.4, -0.2) is 101 Å². The van der Waals surface area contributed by atoms with Crippen molar-refractivity contribution in [1.82, 2.24) is 10.6 Å². The summed E-state index contributed by atoms with van der Waals surface area (Å²) in [4.78, 5) is 26.0. The summed E-state index contributed by atoms with van der Waals surface area (Å²) in [7, 11) is 0. The summed E-state index contributed by atoms with van der Waals surface area (Å²) in [6, 6.07) is 0. The number of nitrogens with two attached hydrogens (primary N) is 2. The summed E-state index contributed by atoms with van der Waals surface area (Å²) in [6.45, 7) is 0.742. The topological polar surface area (TPSA) is 160 Å². The predicted octanol–water partition coefficient (Wildman–Crippen LogP) is 1.07. The molecule has 0 fully saturated rings. The second kappa shape index (κ2) is 19.1. The fourth-order valence-electron chi connectivity index (χ4n) is 1.74. The second-order valence-corrected chi connectivity index (χ2v) is 6.74. The van der Waals surface area contributed by atoms with Crippen molar-refractivity contribution in [1.29, 1.82) is 0 Å². The van der Waals surface area contributed by atoms with Gasteiger partial charge in [0.05, 0.1) is 31.6 Å². The van der Waals surface area contributed by atoms with E-state index in [1.165, 1.54) is 10.6 Å². The predicted molar refractivity (Wildman–Crippen MR) is 118 cm³/mol. The maximum atomic E-state index is 13.4. The minimum atomic E-state index is -6.47. The first kappa shape index (κ1) is 38.1. The molecule has 0 aromatic heterocycles. The van der Waals surface area contributed by atoms with E-state index in [4.69, 9.17) is 11.5 Å². The van der Waals surface area contributed by atoms with E-state index in [0.717, 1.165) is 13.0 Å². The Hall–Kier alpha value is -2.06. The third-order valence-electron chi connectivity index (χ3n) is 3.37. The minimum Gasteiger partial charge on any atom is -0.378 e. The van der Waals surface area contributed by atoms with Crippen LogP contribution in [-0.2, 0) is 28.5 Å². The molecule has 20 heteroatoms. The molecular formula is C18H29F8N5O6S. The van der Waals surface area contributed by atoms with E-state index in [2.05, 4.69) is 48.2 Å². The van der Waals surface area contributed by atoms with Gasteiger partial charge in [-0.2, -0.15) is 35.1 Å². The van der Waals surface area contributed by atoms with Crippen molar-refractivity contribution in [2.75, 3.05) is 59.2 Å². The van der Waals surface area contributed by atoms with Gasteiger partial charge in [-0.05, 0) is 18.6 Å². The van der Waals surface area contributed by atoms with E-state index < -0.39 is 62.6 Å². The minimum absolute atomic E-state index is 0.0348. The van der Waals surface area contributed by atoms with Gasteiger partial charge < -0.3 is 31.6 Å². The number of amides is 2. The highest BCUT2D eigenvalue weighted by Crippen LogP contribution is 2.43. The molecule has 0 aromatic rings. The molecule has 6 N–H and O–H groups in total. The van der Waals surface area contributed by atoms with Gasteiger partial charge in [-0.15, -0.1) is 0 Å². The number of halogens is 8. The number of thiocarbonyl (C=S) groups is 1. The first-order chi connectivity index (χ1) is 17.5. The molecule has 0 spiro atoms. The highest BCUT2D eigenvalue weighted by Gasteiger charge is 2.69. The molecular weight excluding hydrogens is 566 g/mol. The molecule has 0 radical (unpaired) electrons. The van der Waals surface area contributed by atoms with Crippen LogP contribution in [0.4, 0.5) is 35.1 Å². The molecule has 0 bridgehead atoms. The molecule has 0 aromatic carbocycles. The summed E-state index contributed by atoms with van der Waals surface area (Å²) in [5.74, 6) is -5.21. The molecule has 0 saturated carbocycles. The number of rotatable bonds is 19. The van der Waals surface area contributed by atoms with Crippen molar-refractivity contribution in [3.8, 4) is 0 Å². The molecule has 224 valence electrons. The highest BCUT2D eigenvalue weighted by molar-refractivity contribution is 7.78. The first-order valence-electron chi connectivity index (χ1n) is 10.6. The Labute approximate surface area is 217 Å². The Bertz CT molecular complexity index is 698. The van der Waals surface area contributed by atoms with Crippen LogP contribution in [0.5, 0.6) is 0 Å². The summed E-state index contributed by atoms with van der Waals surface area (Å²) in [5, 5.41) is 4.94. The van der Waals surface area contributed by atoms with Crippen molar-refractivity contribution in [2.45, 2.75) is 37.8 Å². The molecule has 38 heavy (non-hydrogen) atoms. The molecule has 2 amide bonds. The number of aliphatic imine (C=N–C) groups is 1. The standard InChI is InChI=1S/C14H22F8N4O6.C4H7NS/c15-11(16,9(27)25-3-7-29-5-1-23)31-13(19,20)14(21,22)32-12(17,18)10(28)26-4-8-30-6-2-24;1-2-3-5-4-6/h1-8,23-24H2,(H,25,27)(H,26,28);2-3H2,1H3. The van der Waals surface area contributed by atoms with Crippen LogP contribution in [0, 0.1) is 0 Å². The van der Waals surface area contributed by atoms with E-state index >= 15 is 0 Å². The lowest BCUT2D eigenvalue weighted by Crippen LogP contribution is -2.57. The van der Waals surface area contributed by atoms with Crippen molar-refractivity contribution in [3.63, 3.8) is 0 Å². The molecule has 0 unspecified atom stereocenters. The number of alkyl halides is 8. The van der Waals surface area contributed by atoms with Crippen LogP contribution in [0.3, 0.4) is 0 Å². The molecule has 11 nitrogen and oxygen atoms in total. The quantitative estimate of drug-likeness (QED) is 0.0742. The number of nitrogens with zero attached hydrogens (tertiary/aromatic N) is 1. The largest absolute Gasteiger partial charge is 0.453 e. The van der Waals surface area contributed by atoms with Crippen LogP contribution < -0.4 is 22.1 Å². The van der Waals surface area contributed by atoms with Crippen LogP contribution in [0.25, 0.3) is 0 Å². The Morgan fingerprint density at radius 3 is 1.42 bits per heavy atom. The van der Waals surface area contributed by atoms with E-state index in [9.17, 15) is 44.7 Å². The molecule has 0 atom stereocenters. The molecule has 0 aliphatic rings. The SMILES string of the molecule is CCCN=C=S.NCCOCCNC(=O)C(F)(F)OC(F)(F)C(F)(F)OC(F)(F)C(=O)NCCOCCN. The highest BCUT2D eigenvalue weighted by atomic mass is 32.1. The summed E-state index contributed by atoms with van der Waals surface area (Å²) >= 11 is 4.30. The number of ether oxygens (including phenoxy) is 4. The van der Waals surface area contributed by atoms with Crippen molar-refractivity contribution < 1.29 is 63.7 Å². The van der Waals surface area contributed by atoms with E-state index in [0.29, 0.717) is 0 Å². The maximum absolute atomic E-state index is 13.4. The first-order valence-corrected chi connectivity index (χ1v) is 11.0. The van der Waals surface area contributed by atoms with Crippen LogP contribution >= 0.6 is 12.2 Å². The van der Waals surface area contributed by atoms with E-state index in [-0.39, 0.29) is 26.3 Å². The Kier molecular flexibility index (Phi) is 19.1. The zero-order valence-corrected chi connectivity index (χ0v) is 20.9. The van der Waals surface area contributed by atoms with Crippen molar-refractivity contribution in [2.24, 2.45) is 16.5 Å². The Balaban J connectivity index is 0. The van der Waals surface area contributed by atoms with Gasteiger partial charge in [-0.25, -0.2) is 14.5 Å². The van der Waals surface area contributed by atoms with Gasteiger partial charge >= 0.3 is 36.2 Å². The van der Waals surface area contributed by atoms with Crippen molar-refractivity contribution >= 4 is 29.2 Å². The average Bonchev–Trinajstić information content (AvgIpc) is 2.81. The lowest BCUT2D eigenvalue weighted by molar-refractivity contribution is -0.499. The Morgan fingerprint density at radius 2 is 1.16 bits per heavy atom. The second-order valence-electron chi connectivity index (χ2n) is 6.56. The van der Waals surface area contributed by atoms with Gasteiger partial charge in [0.15, 0.2) is 0 Å². The van der Waals surface area contributed by atoms with Gasteiger partial charge in [-0.3, -0.25) is 9.59 Å². The molecule has 0 heterocycles. The summed E-state index contributed by atoms with van der Waals surface area (Å²) in [6.07, 6.45) is -23.1. The zero-order valence-electron chi connectivity index (χ0n) is 20.1. The van der Waals surface area contributed by atoms with Crippen LogP contribution in [0.1, 0.15) is 13.3 Å². The molecule has 0 aliphatic carbocycles. The van der Waals surface area contributed by atoms with Gasteiger partial charge in [0, 0.05) is 32.7 Å². The van der Waals surface area contributed by atoms with Gasteiger partial charge in [0.25, 0.3) is 0 Å². The lowest BCUT2D eigenvalue weighted by Gasteiger charge is -2.30. The maximum Gasteiger partial charge on any atom is 0.453 e. The molecule has 0 rings (SSSR count). The van der Waals surface area contributed by atoms with Crippen LogP contribution in [0.2, 0.25) is 0 Å². The number of carbonyl (C=O) groups excluding carboxylic acids is 2.